The third-order valence-electron chi connectivity index (χ3n) is 1.55. The summed E-state index contributed by atoms with van der Waals surface area (Å²) in [6.45, 7) is 1.65. The molecule has 0 spiro atoms. The van der Waals surface area contributed by atoms with E-state index in [1.54, 1.807) is 6.92 Å². The number of benzene rings is 1. The van der Waals surface area contributed by atoms with Gasteiger partial charge in [-0.2, -0.15) is 0 Å². The highest BCUT2D eigenvalue weighted by Gasteiger charge is 2.17. The minimum Gasteiger partial charge on any atom is -0.225 e. The van der Waals surface area contributed by atoms with Crippen LogP contribution in [-0.2, 0) is 10.0 Å². The Kier molecular flexibility index (Phi) is 2.74. The van der Waals surface area contributed by atoms with Gasteiger partial charge in [-0.05, 0) is 34.5 Å². The molecule has 72 valence electrons. The van der Waals surface area contributed by atoms with Crippen LogP contribution < -0.4 is 5.14 Å². The van der Waals surface area contributed by atoms with Crippen molar-refractivity contribution in [3.63, 3.8) is 0 Å². The van der Waals surface area contributed by atoms with E-state index in [1.165, 1.54) is 6.07 Å². The van der Waals surface area contributed by atoms with Crippen LogP contribution in [0, 0.1) is 12.7 Å². The van der Waals surface area contributed by atoms with Gasteiger partial charge in [0.25, 0.3) is 0 Å². The van der Waals surface area contributed by atoms with Gasteiger partial charge in [-0.1, -0.05) is 6.07 Å². The largest absolute Gasteiger partial charge is 0.241 e. The van der Waals surface area contributed by atoms with E-state index in [0.29, 0.717) is 5.56 Å². The lowest BCUT2D eigenvalue weighted by Crippen LogP contribution is -2.14. The summed E-state index contributed by atoms with van der Waals surface area (Å²) < 4.78 is 35.0. The molecule has 0 aliphatic carbocycles. The minimum atomic E-state index is -3.98. The fraction of sp³-hybridized carbons (Fsp3) is 0.143. The van der Waals surface area contributed by atoms with Crippen molar-refractivity contribution in [2.24, 2.45) is 5.14 Å². The number of hydrogen-bond donors (Lipinski definition) is 1. The standard InChI is InChI=1S/C7H7BrFNO2S/c1-4-2-3-5(13(10,11)12)7(9)6(4)8/h2-3H,1H3,(H2,10,11,12). The molecule has 0 atom stereocenters. The van der Waals surface area contributed by atoms with E-state index < -0.39 is 20.7 Å². The Labute approximate surface area is 83.9 Å². The number of nitrogens with two attached hydrogens (primary N) is 1. The molecule has 0 bridgehead atoms. The molecule has 0 radical (unpaired) electrons. The fourth-order valence-electron chi connectivity index (χ4n) is 0.848. The van der Waals surface area contributed by atoms with Crippen molar-refractivity contribution in [2.75, 3.05) is 0 Å². The monoisotopic (exact) mass is 267 g/mol. The molecular formula is C7H7BrFNO2S. The number of halogens is 2. The van der Waals surface area contributed by atoms with Gasteiger partial charge in [0, 0.05) is 0 Å². The van der Waals surface area contributed by atoms with Gasteiger partial charge in [0.05, 0.1) is 4.47 Å². The quantitative estimate of drug-likeness (QED) is 0.839. The van der Waals surface area contributed by atoms with Crippen molar-refractivity contribution >= 4 is 26.0 Å². The minimum absolute atomic E-state index is 0.124. The Hall–Kier alpha value is -0.460. The van der Waals surface area contributed by atoms with Gasteiger partial charge in [0.15, 0.2) is 5.82 Å². The second-order valence-corrected chi connectivity index (χ2v) is 4.88. The molecule has 2 N–H and O–H groups in total. The van der Waals surface area contributed by atoms with Gasteiger partial charge in [-0.15, -0.1) is 0 Å². The first-order chi connectivity index (χ1) is 5.84. The van der Waals surface area contributed by atoms with E-state index >= 15 is 0 Å². The third-order valence-corrected chi connectivity index (χ3v) is 3.45. The van der Waals surface area contributed by atoms with E-state index in [1.807, 2.05) is 0 Å². The zero-order chi connectivity index (χ0) is 10.2. The normalized spacial score (nSPS) is 11.7. The van der Waals surface area contributed by atoms with E-state index in [2.05, 4.69) is 15.9 Å². The number of aryl methyl sites for hydroxylation is 1. The maximum atomic E-state index is 13.3. The number of sulfonamides is 1. The Morgan fingerprint density at radius 1 is 1.46 bits per heavy atom. The van der Waals surface area contributed by atoms with Crippen LogP contribution >= 0.6 is 15.9 Å². The summed E-state index contributed by atoms with van der Waals surface area (Å²) in [5.41, 5.74) is 0.616. The lowest BCUT2D eigenvalue weighted by molar-refractivity contribution is 0.563. The number of rotatable bonds is 1. The first-order valence-corrected chi connectivity index (χ1v) is 5.65. The Balaban J connectivity index is 3.53. The zero-order valence-corrected chi connectivity index (χ0v) is 9.12. The van der Waals surface area contributed by atoms with Crippen LogP contribution in [0.25, 0.3) is 0 Å². The molecule has 0 aliphatic rings. The van der Waals surface area contributed by atoms with Crippen LogP contribution in [0.4, 0.5) is 4.39 Å². The van der Waals surface area contributed by atoms with Crippen LogP contribution in [0.15, 0.2) is 21.5 Å². The summed E-state index contributed by atoms with van der Waals surface area (Å²) in [6, 6.07) is 2.62. The molecule has 1 rings (SSSR count). The highest BCUT2D eigenvalue weighted by molar-refractivity contribution is 9.10. The van der Waals surface area contributed by atoms with Gasteiger partial charge < -0.3 is 0 Å². The molecule has 3 nitrogen and oxygen atoms in total. The van der Waals surface area contributed by atoms with E-state index in [-0.39, 0.29) is 4.47 Å². The van der Waals surface area contributed by atoms with Gasteiger partial charge in [0.2, 0.25) is 10.0 Å². The lowest BCUT2D eigenvalue weighted by atomic mass is 10.2. The molecule has 6 heteroatoms. The van der Waals surface area contributed by atoms with Crippen molar-refractivity contribution < 1.29 is 12.8 Å². The van der Waals surface area contributed by atoms with Crippen LogP contribution in [0.5, 0.6) is 0 Å². The maximum absolute atomic E-state index is 13.3. The van der Waals surface area contributed by atoms with Crippen molar-refractivity contribution in [2.45, 2.75) is 11.8 Å². The second-order valence-electron chi connectivity index (χ2n) is 2.55. The summed E-state index contributed by atoms with van der Waals surface area (Å²) >= 11 is 2.93. The molecule has 0 unspecified atom stereocenters. The predicted molar refractivity (Wildman–Crippen MR) is 50.2 cm³/mol. The average molecular weight is 268 g/mol. The van der Waals surface area contributed by atoms with Gasteiger partial charge >= 0.3 is 0 Å². The van der Waals surface area contributed by atoms with Crippen LogP contribution in [0.3, 0.4) is 0 Å². The Bertz CT molecular complexity index is 444. The topological polar surface area (TPSA) is 60.2 Å². The Morgan fingerprint density at radius 2 is 2.00 bits per heavy atom. The third kappa shape index (κ3) is 2.07. The van der Waals surface area contributed by atoms with Crippen LogP contribution in [-0.4, -0.2) is 8.42 Å². The highest BCUT2D eigenvalue weighted by atomic mass is 79.9. The van der Waals surface area contributed by atoms with Gasteiger partial charge in [-0.25, -0.2) is 17.9 Å². The maximum Gasteiger partial charge on any atom is 0.241 e. The molecule has 0 heterocycles. The average Bonchev–Trinajstić information content (AvgIpc) is 1.98. The van der Waals surface area contributed by atoms with Crippen molar-refractivity contribution in [1.82, 2.24) is 0 Å². The summed E-state index contributed by atoms with van der Waals surface area (Å²) in [4.78, 5) is -0.495. The van der Waals surface area contributed by atoms with Crippen molar-refractivity contribution in [1.29, 1.82) is 0 Å². The Morgan fingerprint density at radius 3 is 2.46 bits per heavy atom. The molecule has 0 aliphatic heterocycles. The predicted octanol–water partition coefficient (Wildman–Crippen LogP) is 1.54. The van der Waals surface area contributed by atoms with Crippen molar-refractivity contribution in [3.8, 4) is 0 Å². The van der Waals surface area contributed by atoms with Gasteiger partial charge in [0.1, 0.15) is 4.90 Å². The molecule has 0 saturated carbocycles. The van der Waals surface area contributed by atoms with Crippen molar-refractivity contribution in [3.05, 3.63) is 28.0 Å². The summed E-state index contributed by atoms with van der Waals surface area (Å²) in [7, 11) is -3.98. The SMILES string of the molecule is Cc1ccc(S(N)(=O)=O)c(F)c1Br. The molecule has 1 aromatic rings. The second kappa shape index (κ2) is 3.36. The lowest BCUT2D eigenvalue weighted by Gasteiger charge is -2.04. The number of primary sulfonamides is 1. The van der Waals surface area contributed by atoms with Crippen LogP contribution in [0.2, 0.25) is 0 Å². The highest BCUT2D eigenvalue weighted by Crippen LogP contribution is 2.24. The molecular weight excluding hydrogens is 261 g/mol. The summed E-state index contributed by atoms with van der Waals surface area (Å²) in [6.07, 6.45) is 0. The smallest absolute Gasteiger partial charge is 0.225 e. The fourth-order valence-corrected chi connectivity index (χ4v) is 1.93. The molecule has 13 heavy (non-hydrogen) atoms. The van der Waals surface area contributed by atoms with Crippen LogP contribution in [0.1, 0.15) is 5.56 Å². The van der Waals surface area contributed by atoms with Gasteiger partial charge in [-0.3, -0.25) is 0 Å². The first-order valence-electron chi connectivity index (χ1n) is 3.31. The van der Waals surface area contributed by atoms with E-state index in [4.69, 9.17) is 5.14 Å². The first kappa shape index (κ1) is 10.6. The molecule has 0 amide bonds. The molecule has 0 aromatic heterocycles. The molecule has 0 fully saturated rings. The summed E-state index contributed by atoms with van der Waals surface area (Å²) in [5.74, 6) is -0.845. The number of hydrogen-bond acceptors (Lipinski definition) is 2. The zero-order valence-electron chi connectivity index (χ0n) is 6.71. The van der Waals surface area contributed by atoms with E-state index in [9.17, 15) is 12.8 Å². The molecule has 0 saturated heterocycles. The van der Waals surface area contributed by atoms with E-state index in [0.717, 1.165) is 6.07 Å². The molecule has 1 aromatic carbocycles. The summed E-state index contributed by atoms with van der Waals surface area (Å²) in [5, 5.41) is 4.79.